The highest BCUT2D eigenvalue weighted by molar-refractivity contribution is 8.78. The molecule has 1 saturated carbocycles. The first-order chi connectivity index (χ1) is 9.10. The Hall–Kier alpha value is 0.770. The van der Waals surface area contributed by atoms with Crippen LogP contribution in [0.15, 0.2) is 0 Å². The molecule has 0 aromatic rings. The first-order valence-electron chi connectivity index (χ1n) is 6.90. The summed E-state index contributed by atoms with van der Waals surface area (Å²) in [5, 5.41) is 9.55. The molecule has 4 atom stereocenters. The summed E-state index contributed by atoms with van der Waals surface area (Å²) in [5.41, 5.74) is 5.68. The fraction of sp³-hybridized carbons (Fsp3) is 1.00. The van der Waals surface area contributed by atoms with E-state index in [1.807, 2.05) is 0 Å². The lowest BCUT2D eigenvalue weighted by atomic mass is 9.77. The molecule has 0 amide bonds. The molecule has 0 bridgehead atoms. The van der Waals surface area contributed by atoms with Crippen molar-refractivity contribution in [2.45, 2.75) is 49.9 Å². The number of rotatable bonds is 6. The first-order valence-corrected chi connectivity index (χ1v) is 10.7. The van der Waals surface area contributed by atoms with E-state index in [2.05, 4.69) is 20.8 Å². The van der Waals surface area contributed by atoms with E-state index in [9.17, 15) is 19.5 Å². The van der Waals surface area contributed by atoms with Crippen molar-refractivity contribution in [1.82, 2.24) is 0 Å². The fourth-order valence-electron chi connectivity index (χ4n) is 2.54. The Balaban J connectivity index is 2.72. The van der Waals surface area contributed by atoms with Gasteiger partial charge in [-0.1, -0.05) is 48.8 Å². The molecule has 0 aromatic carbocycles. The number of aliphatic hydroxyl groups excluding tert-OH is 1. The molecule has 1 rings (SSSR count). The molecular weight excluding hydrogens is 317 g/mol. The molecule has 8 heteroatoms. The van der Waals surface area contributed by atoms with E-state index in [1.165, 1.54) is 17.2 Å². The van der Waals surface area contributed by atoms with Crippen LogP contribution >= 0.6 is 29.2 Å². The molecule has 0 spiro atoms. The topological polar surface area (TPSA) is 104 Å². The Morgan fingerprint density at radius 2 is 2.00 bits per heavy atom. The van der Waals surface area contributed by atoms with E-state index in [1.54, 1.807) is 0 Å². The zero-order valence-electron chi connectivity index (χ0n) is 12.2. The summed E-state index contributed by atoms with van der Waals surface area (Å²) in [4.78, 5) is 18.6. The Kier molecular flexibility index (Phi) is 6.92. The zero-order valence-corrected chi connectivity index (χ0v) is 14.8. The van der Waals surface area contributed by atoms with Gasteiger partial charge in [-0.05, 0) is 30.6 Å². The van der Waals surface area contributed by atoms with Crippen LogP contribution in [-0.2, 0) is 4.57 Å². The molecule has 1 aliphatic carbocycles. The van der Waals surface area contributed by atoms with Gasteiger partial charge in [-0.15, -0.1) is 0 Å². The van der Waals surface area contributed by atoms with Crippen LogP contribution < -0.4 is 5.73 Å². The maximum absolute atomic E-state index is 11.4. The van der Waals surface area contributed by atoms with Gasteiger partial charge in [0.1, 0.15) is 0 Å². The van der Waals surface area contributed by atoms with Crippen molar-refractivity contribution in [2.24, 2.45) is 23.5 Å². The maximum Gasteiger partial charge on any atom is 0.358 e. The second-order valence-corrected chi connectivity index (χ2v) is 11.1. The van der Waals surface area contributed by atoms with Gasteiger partial charge in [0.25, 0.3) is 0 Å². The molecule has 0 saturated heterocycles. The molecule has 120 valence electrons. The van der Waals surface area contributed by atoms with Crippen LogP contribution in [0.25, 0.3) is 0 Å². The standard InChI is InChI=1S/C12H26NO4PS2/c1-8(2)10-5-4-9(3)6-11(10)19-20-12(13,7-14)18(15,16)17/h8-11,14H,4-7,13H2,1-3H3,(H2,15,16,17). The summed E-state index contributed by atoms with van der Waals surface area (Å²) in [6.45, 7) is 5.84. The van der Waals surface area contributed by atoms with Crippen LogP contribution in [0.1, 0.15) is 40.0 Å². The summed E-state index contributed by atoms with van der Waals surface area (Å²) in [6, 6.07) is 0. The van der Waals surface area contributed by atoms with Crippen LogP contribution in [0.4, 0.5) is 0 Å². The zero-order chi connectivity index (χ0) is 15.6. The lowest BCUT2D eigenvalue weighted by molar-refractivity contribution is 0.245. The average Bonchev–Trinajstić information content (AvgIpc) is 2.34. The second-order valence-electron chi connectivity index (χ2n) is 6.09. The summed E-state index contributed by atoms with van der Waals surface area (Å²) in [5.74, 6) is 1.69. The highest BCUT2D eigenvalue weighted by atomic mass is 33.1. The maximum atomic E-state index is 11.4. The van der Waals surface area contributed by atoms with Gasteiger partial charge in [-0.25, -0.2) is 0 Å². The number of hydrogen-bond donors (Lipinski definition) is 4. The van der Waals surface area contributed by atoms with Crippen molar-refractivity contribution in [3.63, 3.8) is 0 Å². The van der Waals surface area contributed by atoms with Gasteiger partial charge < -0.3 is 20.6 Å². The van der Waals surface area contributed by atoms with E-state index in [0.29, 0.717) is 23.0 Å². The van der Waals surface area contributed by atoms with E-state index in [-0.39, 0.29) is 0 Å². The van der Waals surface area contributed by atoms with E-state index in [0.717, 1.165) is 23.6 Å². The molecule has 4 unspecified atom stereocenters. The Bertz CT molecular complexity index is 365. The number of nitrogens with two attached hydrogens (primary N) is 1. The third-order valence-electron chi connectivity index (χ3n) is 4.00. The lowest BCUT2D eigenvalue weighted by Crippen LogP contribution is -2.39. The minimum Gasteiger partial charge on any atom is -0.393 e. The van der Waals surface area contributed by atoms with Crippen LogP contribution in [0.2, 0.25) is 0 Å². The molecular formula is C12H26NO4PS2. The van der Waals surface area contributed by atoms with E-state index in [4.69, 9.17) is 5.73 Å². The van der Waals surface area contributed by atoms with Gasteiger partial charge in [0.2, 0.25) is 0 Å². The summed E-state index contributed by atoms with van der Waals surface area (Å²) in [6.07, 6.45) is 3.38. The molecule has 0 aliphatic heterocycles. The molecule has 1 fully saturated rings. The van der Waals surface area contributed by atoms with Gasteiger partial charge >= 0.3 is 7.60 Å². The normalized spacial score (nSPS) is 31.3. The van der Waals surface area contributed by atoms with Crippen LogP contribution in [0.3, 0.4) is 0 Å². The van der Waals surface area contributed by atoms with Crippen molar-refractivity contribution >= 4 is 29.2 Å². The summed E-state index contributed by atoms with van der Waals surface area (Å²) >= 11 is 0. The van der Waals surface area contributed by atoms with Crippen molar-refractivity contribution in [1.29, 1.82) is 0 Å². The molecule has 1 aliphatic rings. The summed E-state index contributed by atoms with van der Waals surface area (Å²) < 4.78 is 9.51. The van der Waals surface area contributed by atoms with Crippen molar-refractivity contribution in [3.8, 4) is 0 Å². The molecule has 0 radical (unpaired) electrons. The monoisotopic (exact) mass is 343 g/mol. The van der Waals surface area contributed by atoms with Gasteiger partial charge in [0.15, 0.2) is 4.61 Å². The van der Waals surface area contributed by atoms with Crippen LogP contribution in [0.5, 0.6) is 0 Å². The predicted octanol–water partition coefficient (Wildman–Crippen LogP) is 2.61. The van der Waals surface area contributed by atoms with Gasteiger partial charge in [-0.2, -0.15) is 0 Å². The SMILES string of the molecule is CC1CCC(C(C)C)C(SSC(N)(CO)P(=O)(O)O)C1. The Labute approximate surface area is 129 Å². The van der Waals surface area contributed by atoms with E-state index >= 15 is 0 Å². The summed E-state index contributed by atoms with van der Waals surface area (Å²) in [7, 11) is -2.17. The smallest absolute Gasteiger partial charge is 0.358 e. The Morgan fingerprint density at radius 1 is 1.40 bits per heavy atom. The third-order valence-corrected chi connectivity index (χ3v) is 9.71. The van der Waals surface area contributed by atoms with Crippen molar-refractivity contribution in [2.75, 3.05) is 6.61 Å². The third kappa shape index (κ3) is 4.63. The minimum absolute atomic E-state index is 0.324. The van der Waals surface area contributed by atoms with Crippen molar-refractivity contribution < 1.29 is 19.5 Å². The molecule has 20 heavy (non-hydrogen) atoms. The quantitative estimate of drug-likeness (QED) is 0.334. The second kappa shape index (κ2) is 7.36. The van der Waals surface area contributed by atoms with Crippen LogP contribution in [0, 0.1) is 17.8 Å². The van der Waals surface area contributed by atoms with Gasteiger partial charge in [0.05, 0.1) is 6.61 Å². The first kappa shape index (κ1) is 18.8. The predicted molar refractivity (Wildman–Crippen MR) is 86.4 cm³/mol. The van der Waals surface area contributed by atoms with E-state index < -0.39 is 18.8 Å². The minimum atomic E-state index is -4.54. The molecule has 5 nitrogen and oxygen atoms in total. The van der Waals surface area contributed by atoms with Gasteiger partial charge in [0, 0.05) is 5.25 Å². The largest absolute Gasteiger partial charge is 0.393 e. The molecule has 0 heterocycles. The highest BCUT2D eigenvalue weighted by Gasteiger charge is 2.45. The molecule has 0 aromatic heterocycles. The number of hydrogen-bond acceptors (Lipinski definition) is 5. The van der Waals surface area contributed by atoms with Crippen LogP contribution in [-0.4, -0.2) is 31.4 Å². The molecule has 5 N–H and O–H groups in total. The fourth-order valence-corrected chi connectivity index (χ4v) is 7.41. The van der Waals surface area contributed by atoms with Crippen molar-refractivity contribution in [3.05, 3.63) is 0 Å². The average molecular weight is 343 g/mol. The van der Waals surface area contributed by atoms with Gasteiger partial charge in [-0.3, -0.25) is 4.57 Å². The number of aliphatic hydroxyl groups is 1. The highest BCUT2D eigenvalue weighted by Crippen LogP contribution is 2.59. The Morgan fingerprint density at radius 3 is 2.45 bits per heavy atom. The lowest BCUT2D eigenvalue weighted by Gasteiger charge is -2.38.